The smallest absolute Gasteiger partial charge is 0.337 e. The average Bonchev–Trinajstić information content (AvgIpc) is 2.94. The maximum absolute atomic E-state index is 11.0. The van der Waals surface area contributed by atoms with Gasteiger partial charge >= 0.3 is 5.97 Å². The second-order valence-corrected chi connectivity index (χ2v) is 6.56. The van der Waals surface area contributed by atoms with E-state index in [-0.39, 0.29) is 5.56 Å². The van der Waals surface area contributed by atoms with Gasteiger partial charge in [0.15, 0.2) is 0 Å². The first-order valence-electron chi connectivity index (χ1n) is 7.64. The number of anilines is 1. The van der Waals surface area contributed by atoms with Gasteiger partial charge in [0.1, 0.15) is 5.82 Å². The molecule has 1 aliphatic rings. The first kappa shape index (κ1) is 16.1. The lowest BCUT2D eigenvalue weighted by atomic mass is 10.1. The molecule has 2 rings (SSSR count). The Labute approximate surface area is 131 Å². The van der Waals surface area contributed by atoms with Crippen LogP contribution in [-0.4, -0.2) is 28.6 Å². The molecule has 1 fully saturated rings. The Kier molecular flexibility index (Phi) is 5.45. The Balaban J connectivity index is 2.24. The summed E-state index contributed by atoms with van der Waals surface area (Å²) < 4.78 is 0. The van der Waals surface area contributed by atoms with Gasteiger partial charge in [0.2, 0.25) is 0 Å². The molecule has 0 radical (unpaired) electrons. The van der Waals surface area contributed by atoms with Crippen LogP contribution in [-0.2, 0) is 0 Å². The third-order valence-corrected chi connectivity index (χ3v) is 4.33. The van der Waals surface area contributed by atoms with E-state index in [2.05, 4.69) is 23.7 Å². The third-order valence-electron chi connectivity index (χ3n) is 4.05. The molecule has 0 spiro atoms. The van der Waals surface area contributed by atoms with Gasteiger partial charge in [-0.05, 0) is 31.2 Å². The van der Waals surface area contributed by atoms with Crippen molar-refractivity contribution in [1.29, 1.82) is 0 Å². The summed E-state index contributed by atoms with van der Waals surface area (Å²) in [5.41, 5.74) is 0.138. The van der Waals surface area contributed by atoms with Crippen LogP contribution in [0.25, 0.3) is 0 Å². The van der Waals surface area contributed by atoms with Gasteiger partial charge < -0.3 is 10.0 Å². The lowest BCUT2D eigenvalue weighted by Gasteiger charge is -2.31. The Morgan fingerprint density at radius 2 is 2.14 bits per heavy atom. The largest absolute Gasteiger partial charge is 0.478 e. The highest BCUT2D eigenvalue weighted by Crippen LogP contribution is 2.32. The summed E-state index contributed by atoms with van der Waals surface area (Å²) in [5.74, 6) is 0.353. The van der Waals surface area contributed by atoms with Crippen LogP contribution in [0, 0.1) is 5.92 Å². The molecule has 1 aliphatic carbocycles. The molecule has 21 heavy (non-hydrogen) atoms. The van der Waals surface area contributed by atoms with Crippen LogP contribution in [0.3, 0.4) is 0 Å². The van der Waals surface area contributed by atoms with Crippen molar-refractivity contribution >= 4 is 23.4 Å². The molecule has 0 atom stereocenters. The molecule has 1 saturated carbocycles. The van der Waals surface area contributed by atoms with Gasteiger partial charge in [-0.1, -0.05) is 38.3 Å². The Hall–Kier alpha value is -1.29. The fourth-order valence-electron chi connectivity index (χ4n) is 2.83. The van der Waals surface area contributed by atoms with Crippen molar-refractivity contribution in [3.8, 4) is 0 Å². The SMILES string of the molecule is CC(C)CCN(c1ncc(C(=O)O)cc1Cl)C1CCCC1. The molecule has 1 aromatic rings. The molecule has 0 saturated heterocycles. The second-order valence-electron chi connectivity index (χ2n) is 6.15. The van der Waals surface area contributed by atoms with Crippen LogP contribution in [0.4, 0.5) is 5.82 Å². The molecule has 1 aromatic heterocycles. The summed E-state index contributed by atoms with van der Waals surface area (Å²) >= 11 is 6.29. The van der Waals surface area contributed by atoms with Crippen LogP contribution in [0.5, 0.6) is 0 Å². The summed E-state index contributed by atoms with van der Waals surface area (Å²) in [4.78, 5) is 17.6. The van der Waals surface area contributed by atoms with Gasteiger partial charge in [0.05, 0.1) is 10.6 Å². The normalized spacial score (nSPS) is 15.6. The van der Waals surface area contributed by atoms with E-state index in [1.807, 2.05) is 0 Å². The van der Waals surface area contributed by atoms with Crippen LogP contribution in [0.2, 0.25) is 5.02 Å². The number of carbonyl (C=O) groups is 1. The number of halogens is 1. The lowest BCUT2D eigenvalue weighted by molar-refractivity contribution is 0.0696. The standard InChI is InChI=1S/C16H23ClN2O2/c1-11(2)7-8-19(13-5-3-4-6-13)15-14(17)9-12(10-18-15)16(20)21/h9-11,13H,3-8H2,1-2H3,(H,20,21). The maximum atomic E-state index is 11.0. The molecule has 0 aliphatic heterocycles. The zero-order valence-corrected chi connectivity index (χ0v) is 13.4. The second kappa shape index (κ2) is 7.12. The number of nitrogens with zero attached hydrogens (tertiary/aromatic N) is 2. The molecule has 5 heteroatoms. The van der Waals surface area contributed by atoms with E-state index in [4.69, 9.17) is 16.7 Å². The monoisotopic (exact) mass is 310 g/mol. The number of hydrogen-bond donors (Lipinski definition) is 1. The summed E-state index contributed by atoms with van der Waals surface area (Å²) in [5, 5.41) is 9.45. The van der Waals surface area contributed by atoms with Crippen molar-refractivity contribution in [1.82, 2.24) is 4.98 Å². The number of rotatable bonds is 6. The summed E-state index contributed by atoms with van der Waals surface area (Å²) in [6.45, 7) is 5.33. The molecule has 4 nitrogen and oxygen atoms in total. The quantitative estimate of drug-likeness (QED) is 0.854. The molecular weight excluding hydrogens is 288 g/mol. The van der Waals surface area contributed by atoms with Crippen LogP contribution < -0.4 is 4.90 Å². The van der Waals surface area contributed by atoms with Gasteiger partial charge in [-0.15, -0.1) is 0 Å². The lowest BCUT2D eigenvalue weighted by Crippen LogP contribution is -2.35. The van der Waals surface area contributed by atoms with Crippen molar-refractivity contribution in [3.05, 3.63) is 22.8 Å². The topological polar surface area (TPSA) is 53.4 Å². The molecule has 1 heterocycles. The minimum atomic E-state index is -0.995. The first-order valence-corrected chi connectivity index (χ1v) is 8.02. The van der Waals surface area contributed by atoms with Gasteiger partial charge in [-0.25, -0.2) is 9.78 Å². The van der Waals surface area contributed by atoms with Crippen molar-refractivity contribution < 1.29 is 9.90 Å². The molecular formula is C16H23ClN2O2. The van der Waals surface area contributed by atoms with Crippen LogP contribution in [0.15, 0.2) is 12.3 Å². The van der Waals surface area contributed by atoms with E-state index >= 15 is 0 Å². The highest BCUT2D eigenvalue weighted by atomic mass is 35.5. The molecule has 0 unspecified atom stereocenters. The number of aromatic carboxylic acids is 1. The van der Waals surface area contributed by atoms with Crippen molar-refractivity contribution in [2.75, 3.05) is 11.4 Å². The summed E-state index contributed by atoms with van der Waals surface area (Å²) in [7, 11) is 0. The first-order chi connectivity index (χ1) is 9.99. The Bertz CT molecular complexity index is 499. The van der Waals surface area contributed by atoms with Crippen LogP contribution in [0.1, 0.15) is 56.3 Å². The van der Waals surface area contributed by atoms with E-state index in [0.717, 1.165) is 31.6 Å². The zero-order valence-electron chi connectivity index (χ0n) is 12.7. The van der Waals surface area contributed by atoms with E-state index in [0.29, 0.717) is 17.0 Å². The van der Waals surface area contributed by atoms with E-state index in [1.165, 1.54) is 25.1 Å². The van der Waals surface area contributed by atoms with E-state index in [1.54, 1.807) is 0 Å². The minimum absolute atomic E-state index is 0.138. The number of hydrogen-bond acceptors (Lipinski definition) is 3. The fraction of sp³-hybridized carbons (Fsp3) is 0.625. The Morgan fingerprint density at radius 3 is 2.67 bits per heavy atom. The number of carboxylic acids is 1. The van der Waals surface area contributed by atoms with Crippen molar-refractivity contribution in [3.63, 3.8) is 0 Å². The summed E-state index contributed by atoms with van der Waals surface area (Å²) in [6, 6.07) is 1.98. The summed E-state index contributed by atoms with van der Waals surface area (Å²) in [6.07, 6.45) is 7.30. The predicted octanol–water partition coefficient (Wildman–Crippen LogP) is 4.23. The third kappa shape index (κ3) is 4.10. The number of aromatic nitrogens is 1. The van der Waals surface area contributed by atoms with Crippen LogP contribution >= 0.6 is 11.6 Å². The minimum Gasteiger partial charge on any atom is -0.478 e. The molecule has 0 bridgehead atoms. The average molecular weight is 311 g/mol. The van der Waals surface area contributed by atoms with Gasteiger partial charge in [-0.2, -0.15) is 0 Å². The van der Waals surface area contributed by atoms with Gasteiger partial charge in [0.25, 0.3) is 0 Å². The molecule has 116 valence electrons. The highest BCUT2D eigenvalue weighted by molar-refractivity contribution is 6.33. The molecule has 1 N–H and O–H groups in total. The molecule has 0 amide bonds. The van der Waals surface area contributed by atoms with Gasteiger partial charge in [-0.3, -0.25) is 0 Å². The highest BCUT2D eigenvalue weighted by Gasteiger charge is 2.25. The molecule has 0 aromatic carbocycles. The predicted molar refractivity (Wildman–Crippen MR) is 85.3 cm³/mol. The van der Waals surface area contributed by atoms with E-state index in [9.17, 15) is 4.79 Å². The number of pyridine rings is 1. The van der Waals surface area contributed by atoms with Gasteiger partial charge in [0, 0.05) is 18.8 Å². The fourth-order valence-corrected chi connectivity index (χ4v) is 3.11. The Morgan fingerprint density at radius 1 is 1.48 bits per heavy atom. The zero-order chi connectivity index (χ0) is 15.4. The van der Waals surface area contributed by atoms with E-state index < -0.39 is 5.97 Å². The maximum Gasteiger partial charge on any atom is 0.337 e. The number of carboxylic acid groups (broad SMARTS) is 1. The van der Waals surface area contributed by atoms with Crippen molar-refractivity contribution in [2.24, 2.45) is 5.92 Å². The van der Waals surface area contributed by atoms with Crippen molar-refractivity contribution in [2.45, 2.75) is 52.0 Å².